The molecule has 0 spiro atoms. The van der Waals surface area contributed by atoms with Gasteiger partial charge in [0.05, 0.1) is 12.5 Å². The summed E-state index contributed by atoms with van der Waals surface area (Å²) in [7, 11) is 0. The number of aliphatic carboxylic acids is 2. The number of amides is 3. The third-order valence-corrected chi connectivity index (χ3v) is 5.14. The van der Waals surface area contributed by atoms with Gasteiger partial charge in [0.1, 0.15) is 18.1 Å². The van der Waals surface area contributed by atoms with Gasteiger partial charge in [-0.25, -0.2) is 4.79 Å². The van der Waals surface area contributed by atoms with Crippen LogP contribution in [-0.4, -0.2) is 64.0 Å². The molecule has 0 rings (SSSR count). The van der Waals surface area contributed by atoms with Crippen LogP contribution in [0.3, 0.4) is 0 Å². The quantitative estimate of drug-likeness (QED) is 0.211. The predicted octanol–water partition coefficient (Wildman–Crippen LogP) is 0.0756. The fourth-order valence-electron chi connectivity index (χ4n) is 2.91. The van der Waals surface area contributed by atoms with Crippen LogP contribution in [0.25, 0.3) is 0 Å². The zero-order valence-corrected chi connectivity index (χ0v) is 19.7. The first-order valence-corrected chi connectivity index (χ1v) is 10.8. The molecule has 0 aromatic carbocycles. The molecule has 32 heavy (non-hydrogen) atoms. The zero-order valence-electron chi connectivity index (χ0n) is 19.7. The number of nitrogens with one attached hydrogen (secondary N) is 3. The topological polar surface area (TPSA) is 188 Å². The molecule has 184 valence electrons. The Labute approximate surface area is 188 Å². The molecule has 11 heteroatoms. The fourth-order valence-corrected chi connectivity index (χ4v) is 2.91. The van der Waals surface area contributed by atoms with Gasteiger partial charge < -0.3 is 31.9 Å². The van der Waals surface area contributed by atoms with Crippen molar-refractivity contribution in [2.75, 3.05) is 0 Å². The highest BCUT2D eigenvalue weighted by Gasteiger charge is 2.33. The number of carbonyl (C=O) groups excluding carboxylic acids is 3. The van der Waals surface area contributed by atoms with E-state index in [9.17, 15) is 29.1 Å². The van der Waals surface area contributed by atoms with Crippen molar-refractivity contribution in [2.45, 2.75) is 85.0 Å². The molecule has 7 N–H and O–H groups in total. The lowest BCUT2D eigenvalue weighted by atomic mass is 9.97. The van der Waals surface area contributed by atoms with Gasteiger partial charge in [0.2, 0.25) is 17.7 Å². The molecule has 0 saturated heterocycles. The number of hydrogen-bond acceptors (Lipinski definition) is 6. The molecule has 5 atom stereocenters. The standard InChI is InChI=1S/C21H38N4O7/c1-7-12(6)16(22)19(29)25-17(11(4)5)20(30)23-13(9-15(26)27)18(28)24-14(21(31)32)8-10(2)3/h10-14,16-17H,7-9,22H2,1-6H3,(H,23,30)(H,24,28)(H,25,29)(H,26,27)(H,31,32). The van der Waals surface area contributed by atoms with Crippen molar-refractivity contribution in [2.24, 2.45) is 23.5 Å². The molecule has 0 aromatic rings. The van der Waals surface area contributed by atoms with Crippen LogP contribution >= 0.6 is 0 Å². The molecule has 0 radical (unpaired) electrons. The number of carboxylic acids is 2. The lowest BCUT2D eigenvalue weighted by molar-refractivity contribution is -0.144. The summed E-state index contributed by atoms with van der Waals surface area (Å²) in [5.41, 5.74) is 5.92. The molecule has 3 amide bonds. The van der Waals surface area contributed by atoms with Gasteiger partial charge >= 0.3 is 11.9 Å². The average Bonchev–Trinajstić information content (AvgIpc) is 2.68. The lowest BCUT2D eigenvalue weighted by Crippen LogP contribution is -2.59. The minimum atomic E-state index is -1.52. The maximum Gasteiger partial charge on any atom is 0.326 e. The predicted molar refractivity (Wildman–Crippen MR) is 117 cm³/mol. The minimum absolute atomic E-state index is 0.0424. The molecule has 5 unspecified atom stereocenters. The van der Waals surface area contributed by atoms with Crippen molar-refractivity contribution in [3.05, 3.63) is 0 Å². The summed E-state index contributed by atoms with van der Waals surface area (Å²) in [6.45, 7) is 10.6. The Morgan fingerprint density at radius 3 is 1.75 bits per heavy atom. The summed E-state index contributed by atoms with van der Waals surface area (Å²) in [6.07, 6.45) is 0.0405. The smallest absolute Gasteiger partial charge is 0.326 e. The number of rotatable bonds is 14. The van der Waals surface area contributed by atoms with E-state index in [0.29, 0.717) is 6.42 Å². The third kappa shape index (κ3) is 10.1. The summed E-state index contributed by atoms with van der Waals surface area (Å²) in [4.78, 5) is 60.5. The molecule has 0 aliphatic rings. The number of carboxylic acid groups (broad SMARTS) is 2. The Bertz CT molecular complexity index is 681. The Balaban J connectivity index is 5.49. The van der Waals surface area contributed by atoms with Crippen LogP contribution in [0, 0.1) is 17.8 Å². The highest BCUT2D eigenvalue weighted by Crippen LogP contribution is 2.10. The Morgan fingerprint density at radius 1 is 0.812 bits per heavy atom. The molecule has 11 nitrogen and oxygen atoms in total. The molecule has 0 heterocycles. The van der Waals surface area contributed by atoms with E-state index < -0.39 is 60.2 Å². The summed E-state index contributed by atoms with van der Waals surface area (Å²) >= 11 is 0. The zero-order chi connectivity index (χ0) is 25.2. The van der Waals surface area contributed by atoms with Gasteiger partial charge in [0, 0.05) is 0 Å². The van der Waals surface area contributed by atoms with Crippen LogP contribution in [0.5, 0.6) is 0 Å². The second-order valence-corrected chi connectivity index (χ2v) is 8.83. The number of carbonyl (C=O) groups is 5. The monoisotopic (exact) mass is 458 g/mol. The Morgan fingerprint density at radius 2 is 1.34 bits per heavy atom. The average molecular weight is 459 g/mol. The Hall–Kier alpha value is -2.69. The maximum absolute atomic E-state index is 12.8. The fraction of sp³-hybridized carbons (Fsp3) is 0.762. The first kappa shape index (κ1) is 29.3. The molecule has 0 saturated carbocycles. The van der Waals surface area contributed by atoms with E-state index in [1.807, 2.05) is 6.92 Å². The van der Waals surface area contributed by atoms with Crippen molar-refractivity contribution in [3.63, 3.8) is 0 Å². The van der Waals surface area contributed by atoms with Gasteiger partial charge in [-0.05, 0) is 24.2 Å². The number of hydrogen-bond donors (Lipinski definition) is 6. The van der Waals surface area contributed by atoms with Crippen molar-refractivity contribution in [1.82, 2.24) is 16.0 Å². The van der Waals surface area contributed by atoms with Crippen LogP contribution in [0.15, 0.2) is 0 Å². The van der Waals surface area contributed by atoms with Crippen LogP contribution in [-0.2, 0) is 24.0 Å². The summed E-state index contributed by atoms with van der Waals surface area (Å²) in [6, 6.07) is -4.65. The van der Waals surface area contributed by atoms with Crippen molar-refractivity contribution >= 4 is 29.7 Å². The van der Waals surface area contributed by atoms with Crippen LogP contribution in [0.4, 0.5) is 0 Å². The van der Waals surface area contributed by atoms with Gasteiger partial charge in [-0.15, -0.1) is 0 Å². The lowest BCUT2D eigenvalue weighted by Gasteiger charge is -2.27. The normalized spacial score (nSPS) is 15.9. The minimum Gasteiger partial charge on any atom is -0.481 e. The summed E-state index contributed by atoms with van der Waals surface area (Å²) in [5, 5.41) is 25.7. The first-order valence-electron chi connectivity index (χ1n) is 10.8. The van der Waals surface area contributed by atoms with E-state index >= 15 is 0 Å². The van der Waals surface area contributed by atoms with Gasteiger partial charge in [-0.1, -0.05) is 48.0 Å². The first-order chi connectivity index (χ1) is 14.7. The van der Waals surface area contributed by atoms with Crippen LogP contribution < -0.4 is 21.7 Å². The highest BCUT2D eigenvalue weighted by atomic mass is 16.4. The van der Waals surface area contributed by atoms with Gasteiger partial charge in [-0.2, -0.15) is 0 Å². The second kappa shape index (κ2) is 13.7. The van der Waals surface area contributed by atoms with Crippen molar-refractivity contribution in [1.29, 1.82) is 0 Å². The van der Waals surface area contributed by atoms with E-state index in [2.05, 4.69) is 16.0 Å². The summed E-state index contributed by atoms with van der Waals surface area (Å²) in [5.74, 6) is -5.39. The number of nitrogens with two attached hydrogens (primary N) is 1. The van der Waals surface area contributed by atoms with Crippen molar-refractivity contribution in [3.8, 4) is 0 Å². The molecule has 0 aromatic heterocycles. The SMILES string of the molecule is CCC(C)C(N)C(=O)NC(C(=O)NC(CC(=O)O)C(=O)NC(CC(C)C)C(=O)O)C(C)C. The van der Waals surface area contributed by atoms with E-state index in [1.54, 1.807) is 34.6 Å². The molecular formula is C21H38N4O7. The molecule has 0 fully saturated rings. The molecule has 0 bridgehead atoms. The van der Waals surface area contributed by atoms with Crippen molar-refractivity contribution < 1.29 is 34.2 Å². The molecule has 0 aliphatic carbocycles. The van der Waals surface area contributed by atoms with Gasteiger partial charge in [-0.3, -0.25) is 19.2 Å². The second-order valence-electron chi connectivity index (χ2n) is 8.83. The maximum atomic E-state index is 12.8. The van der Waals surface area contributed by atoms with E-state index in [0.717, 1.165) is 0 Å². The van der Waals surface area contributed by atoms with E-state index in [4.69, 9.17) is 10.8 Å². The third-order valence-electron chi connectivity index (χ3n) is 5.14. The molecule has 0 aliphatic heterocycles. The van der Waals surface area contributed by atoms with Gasteiger partial charge in [0.25, 0.3) is 0 Å². The largest absolute Gasteiger partial charge is 0.481 e. The van der Waals surface area contributed by atoms with Crippen LogP contribution in [0.1, 0.15) is 60.8 Å². The van der Waals surface area contributed by atoms with E-state index in [-0.39, 0.29) is 24.2 Å². The van der Waals surface area contributed by atoms with Gasteiger partial charge in [0.15, 0.2) is 0 Å². The highest BCUT2D eigenvalue weighted by molar-refractivity contribution is 5.95. The Kier molecular flexibility index (Phi) is 12.5. The van der Waals surface area contributed by atoms with E-state index in [1.165, 1.54) is 0 Å². The molecular weight excluding hydrogens is 420 g/mol. The van der Waals surface area contributed by atoms with Crippen LogP contribution in [0.2, 0.25) is 0 Å². The summed E-state index contributed by atoms with van der Waals surface area (Å²) < 4.78 is 0.